The van der Waals surface area contributed by atoms with Gasteiger partial charge in [0, 0.05) is 18.9 Å². The SMILES string of the molecule is C#CCn1cc(C(=O)NCCCOC(=O)[C@H]2OC(C)(C)N(C(=O)OC(C)(C)C)[C@@H]2c2ccccc2)c(=O)c2cccnc21. The monoisotopic (exact) mass is 588 g/mol. The van der Waals surface area contributed by atoms with E-state index in [-0.39, 0.29) is 37.1 Å². The van der Waals surface area contributed by atoms with Crippen molar-refractivity contribution < 1.29 is 28.6 Å². The normalized spacial score (nSPS) is 17.7. The lowest BCUT2D eigenvalue weighted by molar-refractivity contribution is -0.161. The molecule has 1 aliphatic heterocycles. The molecule has 0 unspecified atom stereocenters. The summed E-state index contributed by atoms with van der Waals surface area (Å²) in [5.74, 6) is 1.26. The molecule has 1 aromatic carbocycles. The van der Waals surface area contributed by atoms with Crippen LogP contribution >= 0.6 is 0 Å². The Balaban J connectivity index is 1.41. The molecule has 0 spiro atoms. The molecule has 0 bridgehead atoms. The van der Waals surface area contributed by atoms with Crippen molar-refractivity contribution in [2.24, 2.45) is 0 Å². The van der Waals surface area contributed by atoms with Gasteiger partial charge in [0.15, 0.2) is 6.10 Å². The van der Waals surface area contributed by atoms with Crippen molar-refractivity contribution in [2.45, 2.75) is 71.1 Å². The number of nitrogens with one attached hydrogen (secondary N) is 1. The highest BCUT2D eigenvalue weighted by Gasteiger charge is 2.55. The number of pyridine rings is 2. The maximum atomic E-state index is 13.3. The van der Waals surface area contributed by atoms with Crippen LogP contribution in [0.4, 0.5) is 4.79 Å². The standard InChI is InChI=1S/C32H36N4O7/c1-7-18-35-20-23(25(37)22-15-11-16-33-27(22)35)28(38)34-17-12-19-41-29(39)26-24(21-13-9-8-10-14-21)36(32(5,6)42-26)30(40)43-31(2,3)4/h1,8-11,13-16,20,24,26H,12,17-19H2,2-6H3,(H,34,38)/t24-,26+/m1/s1. The lowest BCUT2D eigenvalue weighted by Gasteiger charge is -2.35. The molecule has 0 aliphatic carbocycles. The summed E-state index contributed by atoms with van der Waals surface area (Å²) >= 11 is 0. The second-order valence-electron chi connectivity index (χ2n) is 11.5. The molecule has 3 aromatic rings. The number of nitrogens with zero attached hydrogens (tertiary/aromatic N) is 3. The number of carbonyl (C=O) groups is 3. The summed E-state index contributed by atoms with van der Waals surface area (Å²) < 4.78 is 18.8. The van der Waals surface area contributed by atoms with E-state index in [2.05, 4.69) is 16.2 Å². The van der Waals surface area contributed by atoms with Gasteiger partial charge in [0.1, 0.15) is 28.6 Å². The Hall–Kier alpha value is -4.69. The van der Waals surface area contributed by atoms with E-state index in [9.17, 15) is 19.2 Å². The molecule has 43 heavy (non-hydrogen) atoms. The average molecular weight is 589 g/mol. The summed E-state index contributed by atoms with van der Waals surface area (Å²) in [7, 11) is 0. The number of aromatic nitrogens is 2. The third kappa shape index (κ3) is 7.04. The fourth-order valence-electron chi connectivity index (χ4n) is 4.93. The maximum absolute atomic E-state index is 13.3. The summed E-state index contributed by atoms with van der Waals surface area (Å²) in [4.78, 5) is 58.0. The minimum Gasteiger partial charge on any atom is -0.464 e. The van der Waals surface area contributed by atoms with E-state index >= 15 is 0 Å². The molecule has 3 heterocycles. The largest absolute Gasteiger partial charge is 0.464 e. The van der Waals surface area contributed by atoms with E-state index in [1.54, 1.807) is 57.5 Å². The molecule has 1 N–H and O–H groups in total. The maximum Gasteiger partial charge on any atom is 0.413 e. The summed E-state index contributed by atoms with van der Waals surface area (Å²) in [6.45, 7) is 8.92. The molecule has 1 saturated heterocycles. The Labute approximate surface area is 250 Å². The van der Waals surface area contributed by atoms with E-state index in [1.165, 1.54) is 11.1 Å². The molecular formula is C32H36N4O7. The van der Waals surface area contributed by atoms with Crippen LogP contribution in [0.1, 0.15) is 63.0 Å². The molecule has 1 aliphatic rings. The number of carbonyl (C=O) groups excluding carboxylic acids is 3. The van der Waals surface area contributed by atoms with Crippen molar-refractivity contribution in [3.63, 3.8) is 0 Å². The molecule has 11 heteroatoms. The zero-order valence-corrected chi connectivity index (χ0v) is 25.0. The van der Waals surface area contributed by atoms with Crippen molar-refractivity contribution in [2.75, 3.05) is 13.2 Å². The fraction of sp³-hybridized carbons (Fsp3) is 0.406. The van der Waals surface area contributed by atoms with Crippen molar-refractivity contribution >= 4 is 29.0 Å². The number of ether oxygens (including phenoxy) is 3. The topological polar surface area (TPSA) is 129 Å². The van der Waals surface area contributed by atoms with E-state index in [0.29, 0.717) is 11.2 Å². The highest BCUT2D eigenvalue weighted by atomic mass is 16.6. The molecule has 2 aromatic heterocycles. The molecule has 11 nitrogen and oxygen atoms in total. The summed E-state index contributed by atoms with van der Waals surface area (Å²) in [5, 5.41) is 2.98. The quantitative estimate of drug-likeness (QED) is 0.239. The molecule has 2 atom stereocenters. The lowest BCUT2D eigenvalue weighted by atomic mass is 10.0. The van der Waals surface area contributed by atoms with Gasteiger partial charge >= 0.3 is 12.1 Å². The van der Waals surface area contributed by atoms with Crippen molar-refractivity contribution in [1.29, 1.82) is 0 Å². The fourth-order valence-corrected chi connectivity index (χ4v) is 4.93. The number of fused-ring (bicyclic) bond motifs is 1. The van der Waals surface area contributed by atoms with Gasteiger partial charge in [0.2, 0.25) is 5.43 Å². The molecule has 1 fully saturated rings. The predicted octanol–water partition coefficient (Wildman–Crippen LogP) is 3.81. The molecule has 226 valence electrons. The van der Waals surface area contributed by atoms with Gasteiger partial charge in [-0.3, -0.25) is 14.5 Å². The lowest BCUT2D eigenvalue weighted by Crippen LogP contribution is -2.47. The Bertz CT molecular complexity index is 1600. The third-order valence-electron chi connectivity index (χ3n) is 6.71. The van der Waals surface area contributed by atoms with Crippen molar-refractivity contribution in [1.82, 2.24) is 19.8 Å². The number of terminal acetylenes is 1. The number of hydrogen-bond acceptors (Lipinski definition) is 8. The van der Waals surface area contributed by atoms with Gasteiger partial charge in [-0.1, -0.05) is 36.3 Å². The first-order valence-corrected chi connectivity index (χ1v) is 14.0. The Morgan fingerprint density at radius 2 is 1.86 bits per heavy atom. The number of amides is 2. The molecule has 0 saturated carbocycles. The van der Waals surface area contributed by atoms with Gasteiger partial charge < -0.3 is 24.1 Å². The second-order valence-corrected chi connectivity index (χ2v) is 11.5. The van der Waals surface area contributed by atoms with Crippen LogP contribution in [-0.4, -0.2) is 63.0 Å². The predicted molar refractivity (Wildman–Crippen MR) is 159 cm³/mol. The number of esters is 1. The molecule has 4 rings (SSSR count). The van der Waals surface area contributed by atoms with Crippen LogP contribution in [0.3, 0.4) is 0 Å². The molecule has 0 radical (unpaired) electrons. The van der Waals surface area contributed by atoms with Gasteiger partial charge in [-0.2, -0.15) is 0 Å². The van der Waals surface area contributed by atoms with E-state index < -0.39 is 46.9 Å². The average Bonchev–Trinajstić information content (AvgIpc) is 3.25. The van der Waals surface area contributed by atoms with Crippen molar-refractivity contribution in [3.8, 4) is 12.3 Å². The first kappa shape index (κ1) is 31.3. The first-order valence-electron chi connectivity index (χ1n) is 14.0. The van der Waals surface area contributed by atoms with Gasteiger partial charge in [0.25, 0.3) is 5.91 Å². The van der Waals surface area contributed by atoms with Crippen LogP contribution in [0.25, 0.3) is 11.0 Å². The van der Waals surface area contributed by atoms with E-state index in [0.717, 1.165) is 0 Å². The van der Waals surface area contributed by atoms with Gasteiger partial charge in [-0.15, -0.1) is 6.42 Å². The van der Waals surface area contributed by atoms with Crippen LogP contribution < -0.4 is 10.7 Å². The Morgan fingerprint density at radius 3 is 2.53 bits per heavy atom. The van der Waals surface area contributed by atoms with Crippen LogP contribution in [0.15, 0.2) is 59.7 Å². The van der Waals surface area contributed by atoms with Gasteiger partial charge in [-0.25, -0.2) is 14.6 Å². The number of rotatable bonds is 8. The first-order chi connectivity index (χ1) is 20.3. The summed E-state index contributed by atoms with van der Waals surface area (Å²) in [6.07, 6.45) is 6.93. The zero-order valence-electron chi connectivity index (χ0n) is 25.0. The van der Waals surface area contributed by atoms with E-state index in [4.69, 9.17) is 20.6 Å². The van der Waals surface area contributed by atoms with Crippen molar-refractivity contribution in [3.05, 3.63) is 76.2 Å². The van der Waals surface area contributed by atoms with Gasteiger partial charge in [0.05, 0.1) is 18.5 Å². The minimum absolute atomic E-state index is 0.0314. The van der Waals surface area contributed by atoms with Gasteiger partial charge in [-0.05, 0) is 58.7 Å². The number of hydrogen-bond donors (Lipinski definition) is 1. The zero-order chi connectivity index (χ0) is 31.4. The third-order valence-corrected chi connectivity index (χ3v) is 6.71. The van der Waals surface area contributed by atoms with Crippen LogP contribution in [0.2, 0.25) is 0 Å². The minimum atomic E-state index is -1.16. The van der Waals surface area contributed by atoms with E-state index in [1.807, 2.05) is 30.3 Å². The molecular weight excluding hydrogens is 552 g/mol. The highest BCUT2D eigenvalue weighted by molar-refractivity contribution is 5.96. The van der Waals surface area contributed by atoms with Crippen LogP contribution in [0, 0.1) is 12.3 Å². The van der Waals surface area contributed by atoms with Crippen LogP contribution in [0.5, 0.6) is 0 Å². The Kier molecular flexibility index (Phi) is 9.21. The Morgan fingerprint density at radius 1 is 1.14 bits per heavy atom. The molecule has 2 amide bonds. The number of benzene rings is 1. The smallest absolute Gasteiger partial charge is 0.413 e. The van der Waals surface area contributed by atoms with Crippen LogP contribution in [-0.2, 0) is 25.5 Å². The summed E-state index contributed by atoms with van der Waals surface area (Å²) in [6, 6.07) is 11.5. The summed E-state index contributed by atoms with van der Waals surface area (Å²) in [5.41, 5.74) is -1.36. The highest BCUT2D eigenvalue weighted by Crippen LogP contribution is 2.43. The second kappa shape index (κ2) is 12.7.